The predicted molar refractivity (Wildman–Crippen MR) is 133 cm³/mol. The fraction of sp³-hybridized carbons (Fsp3) is 0.111. The number of hydrogen-bond donors (Lipinski definition) is 1. The van der Waals surface area contributed by atoms with Gasteiger partial charge in [0.2, 0.25) is 5.91 Å². The molecule has 1 heterocycles. The van der Waals surface area contributed by atoms with Gasteiger partial charge in [-0.3, -0.25) is 4.79 Å². The summed E-state index contributed by atoms with van der Waals surface area (Å²) in [7, 11) is 3.20. The lowest BCUT2D eigenvalue weighted by molar-refractivity contribution is -0.116. The van der Waals surface area contributed by atoms with Gasteiger partial charge >= 0.3 is 0 Å². The van der Waals surface area contributed by atoms with Crippen molar-refractivity contribution in [3.63, 3.8) is 0 Å². The number of carbonyl (C=O) groups excluding carboxylic acids is 1. The highest BCUT2D eigenvalue weighted by molar-refractivity contribution is 7.13. The molecule has 0 saturated heterocycles. The first-order valence-corrected chi connectivity index (χ1v) is 11.3. The SMILES string of the molecule is COc1ccc(OC)c(/C=C/C(=O)NCc2cccc(-c3nc(-c4ccccc4)cs3)c2)c1. The molecule has 0 atom stereocenters. The van der Waals surface area contributed by atoms with Crippen LogP contribution in [0.5, 0.6) is 11.5 Å². The lowest BCUT2D eigenvalue weighted by Crippen LogP contribution is -2.20. The molecule has 4 rings (SSSR count). The Bertz CT molecular complexity index is 1270. The highest BCUT2D eigenvalue weighted by atomic mass is 32.1. The molecule has 0 radical (unpaired) electrons. The van der Waals surface area contributed by atoms with Crippen LogP contribution < -0.4 is 14.8 Å². The fourth-order valence-electron chi connectivity index (χ4n) is 3.35. The summed E-state index contributed by atoms with van der Waals surface area (Å²) in [5, 5.41) is 5.95. The Morgan fingerprint density at radius 2 is 1.79 bits per heavy atom. The number of methoxy groups -OCH3 is 2. The van der Waals surface area contributed by atoms with Gasteiger partial charge in [-0.25, -0.2) is 4.98 Å². The molecule has 6 heteroatoms. The van der Waals surface area contributed by atoms with E-state index in [-0.39, 0.29) is 5.91 Å². The lowest BCUT2D eigenvalue weighted by Gasteiger charge is -2.07. The van der Waals surface area contributed by atoms with Crippen LogP contribution in [0, 0.1) is 0 Å². The minimum absolute atomic E-state index is 0.189. The average Bonchev–Trinajstić information content (AvgIpc) is 3.37. The third kappa shape index (κ3) is 5.67. The van der Waals surface area contributed by atoms with Gasteiger partial charge in [0.15, 0.2) is 0 Å². The third-order valence-electron chi connectivity index (χ3n) is 5.07. The van der Waals surface area contributed by atoms with E-state index >= 15 is 0 Å². The Balaban J connectivity index is 1.41. The monoisotopic (exact) mass is 456 g/mol. The highest BCUT2D eigenvalue weighted by Crippen LogP contribution is 2.29. The summed E-state index contributed by atoms with van der Waals surface area (Å²) in [6, 6.07) is 23.6. The molecule has 0 fully saturated rings. The second kappa shape index (κ2) is 10.6. The first-order chi connectivity index (χ1) is 16.2. The number of amides is 1. The second-order valence-corrected chi connectivity index (χ2v) is 8.12. The van der Waals surface area contributed by atoms with Crippen LogP contribution in [-0.2, 0) is 11.3 Å². The van der Waals surface area contributed by atoms with E-state index in [1.54, 1.807) is 31.6 Å². The van der Waals surface area contributed by atoms with E-state index in [0.29, 0.717) is 18.0 Å². The molecule has 0 aliphatic heterocycles. The van der Waals surface area contributed by atoms with E-state index in [4.69, 9.17) is 14.5 Å². The molecule has 4 aromatic rings. The number of aromatic nitrogens is 1. The third-order valence-corrected chi connectivity index (χ3v) is 5.96. The summed E-state index contributed by atoms with van der Waals surface area (Å²) in [4.78, 5) is 17.2. The van der Waals surface area contributed by atoms with Gasteiger partial charge in [0.05, 0.1) is 19.9 Å². The molecule has 1 N–H and O–H groups in total. The van der Waals surface area contributed by atoms with E-state index in [2.05, 4.69) is 28.9 Å². The molecule has 33 heavy (non-hydrogen) atoms. The molecule has 1 amide bonds. The van der Waals surface area contributed by atoms with E-state index in [1.807, 2.05) is 54.6 Å². The Morgan fingerprint density at radius 1 is 0.970 bits per heavy atom. The summed E-state index contributed by atoms with van der Waals surface area (Å²) in [5.74, 6) is 1.18. The summed E-state index contributed by atoms with van der Waals surface area (Å²) in [6.07, 6.45) is 3.21. The van der Waals surface area contributed by atoms with Crippen molar-refractivity contribution < 1.29 is 14.3 Å². The van der Waals surface area contributed by atoms with Crippen LogP contribution in [0.3, 0.4) is 0 Å². The second-order valence-electron chi connectivity index (χ2n) is 7.26. The molecule has 5 nitrogen and oxygen atoms in total. The molecule has 0 aliphatic carbocycles. The smallest absolute Gasteiger partial charge is 0.244 e. The topological polar surface area (TPSA) is 60.5 Å². The average molecular weight is 457 g/mol. The maximum Gasteiger partial charge on any atom is 0.244 e. The number of nitrogens with zero attached hydrogens (tertiary/aromatic N) is 1. The molecule has 1 aromatic heterocycles. The minimum Gasteiger partial charge on any atom is -0.497 e. The van der Waals surface area contributed by atoms with Crippen LogP contribution in [0.4, 0.5) is 0 Å². The van der Waals surface area contributed by atoms with Crippen molar-refractivity contribution in [1.29, 1.82) is 0 Å². The van der Waals surface area contributed by atoms with Crippen molar-refractivity contribution in [2.45, 2.75) is 6.54 Å². The Labute approximate surface area is 197 Å². The van der Waals surface area contributed by atoms with Crippen LogP contribution in [0.15, 0.2) is 84.3 Å². The van der Waals surface area contributed by atoms with Crippen LogP contribution in [0.25, 0.3) is 27.9 Å². The summed E-state index contributed by atoms with van der Waals surface area (Å²) < 4.78 is 10.6. The Morgan fingerprint density at radius 3 is 2.58 bits per heavy atom. The van der Waals surface area contributed by atoms with Crippen LogP contribution >= 0.6 is 11.3 Å². The summed E-state index contributed by atoms with van der Waals surface area (Å²) >= 11 is 1.61. The molecule has 166 valence electrons. The van der Waals surface area contributed by atoms with Gasteiger partial charge in [0.25, 0.3) is 0 Å². The molecule has 0 spiro atoms. The number of benzene rings is 3. The summed E-state index contributed by atoms with van der Waals surface area (Å²) in [6.45, 7) is 0.420. The number of carbonyl (C=O) groups is 1. The van der Waals surface area contributed by atoms with E-state index < -0.39 is 0 Å². The van der Waals surface area contributed by atoms with Crippen LogP contribution in [-0.4, -0.2) is 25.1 Å². The van der Waals surface area contributed by atoms with Gasteiger partial charge in [-0.15, -0.1) is 11.3 Å². The fourth-order valence-corrected chi connectivity index (χ4v) is 4.17. The van der Waals surface area contributed by atoms with Crippen molar-refractivity contribution in [1.82, 2.24) is 10.3 Å². The first kappa shape index (κ1) is 22.3. The van der Waals surface area contributed by atoms with Crippen molar-refractivity contribution in [2.75, 3.05) is 14.2 Å². The van der Waals surface area contributed by atoms with E-state index in [1.165, 1.54) is 6.08 Å². The van der Waals surface area contributed by atoms with Gasteiger partial charge in [-0.2, -0.15) is 0 Å². The molecular weight excluding hydrogens is 432 g/mol. The molecule has 0 saturated carbocycles. The number of rotatable bonds is 8. The highest BCUT2D eigenvalue weighted by Gasteiger charge is 2.08. The van der Waals surface area contributed by atoms with Crippen molar-refractivity contribution in [3.8, 4) is 33.3 Å². The maximum absolute atomic E-state index is 12.4. The number of ether oxygens (including phenoxy) is 2. The molecule has 3 aromatic carbocycles. The normalized spacial score (nSPS) is 10.8. The number of nitrogens with one attached hydrogen (secondary N) is 1. The molecule has 0 unspecified atom stereocenters. The Kier molecular flexibility index (Phi) is 7.17. The van der Waals surface area contributed by atoms with Crippen LogP contribution in [0.2, 0.25) is 0 Å². The number of hydrogen-bond acceptors (Lipinski definition) is 5. The van der Waals surface area contributed by atoms with Gasteiger partial charge in [-0.05, 0) is 35.9 Å². The molecule has 0 bridgehead atoms. The van der Waals surface area contributed by atoms with Gasteiger partial charge in [-0.1, -0.05) is 48.5 Å². The van der Waals surface area contributed by atoms with Gasteiger partial charge in [0.1, 0.15) is 16.5 Å². The summed E-state index contributed by atoms with van der Waals surface area (Å²) in [5.41, 5.74) is 4.87. The van der Waals surface area contributed by atoms with E-state index in [0.717, 1.165) is 33.0 Å². The van der Waals surface area contributed by atoms with E-state index in [9.17, 15) is 4.79 Å². The number of thiazole rings is 1. The van der Waals surface area contributed by atoms with Gasteiger partial charge in [0, 0.05) is 34.7 Å². The quantitative estimate of drug-likeness (QED) is 0.339. The first-order valence-electron chi connectivity index (χ1n) is 10.4. The van der Waals surface area contributed by atoms with Crippen molar-refractivity contribution in [2.24, 2.45) is 0 Å². The standard InChI is InChI=1S/C27H24N2O3S/c1-31-23-12-13-25(32-2)21(16-23)11-14-26(30)28-17-19-7-6-10-22(15-19)27-29-24(18-33-27)20-8-4-3-5-9-20/h3-16,18H,17H2,1-2H3,(H,28,30)/b14-11+. The molecular formula is C27H24N2O3S. The zero-order chi connectivity index (χ0) is 23.0. The van der Waals surface area contributed by atoms with Crippen molar-refractivity contribution in [3.05, 3.63) is 95.4 Å². The minimum atomic E-state index is -0.189. The Hall–Kier alpha value is -3.90. The largest absolute Gasteiger partial charge is 0.497 e. The molecule has 0 aliphatic rings. The predicted octanol–water partition coefficient (Wildman–Crippen LogP) is 5.82. The van der Waals surface area contributed by atoms with Gasteiger partial charge < -0.3 is 14.8 Å². The van der Waals surface area contributed by atoms with Crippen molar-refractivity contribution >= 4 is 23.3 Å². The zero-order valence-electron chi connectivity index (χ0n) is 18.4. The zero-order valence-corrected chi connectivity index (χ0v) is 19.3. The lowest BCUT2D eigenvalue weighted by atomic mass is 10.1. The maximum atomic E-state index is 12.4. The van der Waals surface area contributed by atoms with Crippen LogP contribution in [0.1, 0.15) is 11.1 Å².